The topological polar surface area (TPSA) is 52.3 Å². The number of aromatic nitrogens is 1. The second kappa shape index (κ2) is 10.4. The maximum atomic E-state index is 12.4. The maximum Gasteiger partial charge on any atom is 0.316 e. The summed E-state index contributed by atoms with van der Waals surface area (Å²) in [4.78, 5) is 12.4. The normalized spacial score (nSPS) is 14.2. The molecule has 0 saturated heterocycles. The number of ether oxygens (including phenoxy) is 1. The van der Waals surface area contributed by atoms with Gasteiger partial charge in [0, 0.05) is 11.1 Å². The van der Waals surface area contributed by atoms with Crippen LogP contribution in [-0.4, -0.2) is 17.7 Å². The van der Waals surface area contributed by atoms with E-state index in [9.17, 15) is 4.79 Å². The lowest BCUT2D eigenvalue weighted by Gasteiger charge is -2.14. The molecule has 36 heavy (non-hydrogen) atoms. The van der Waals surface area contributed by atoms with Crippen LogP contribution in [0.3, 0.4) is 0 Å². The third kappa shape index (κ3) is 4.90. The Morgan fingerprint density at radius 3 is 2.22 bits per heavy atom. The Labute approximate surface area is 212 Å². The first kappa shape index (κ1) is 23.8. The molecule has 0 N–H and O–H groups in total. The van der Waals surface area contributed by atoms with Gasteiger partial charge in [0.2, 0.25) is 0 Å². The minimum Gasteiger partial charge on any atom is -0.465 e. The number of benzene rings is 3. The molecule has 5 rings (SSSR count). The zero-order valence-electron chi connectivity index (χ0n) is 20.9. The number of carbonyl (C=O) groups excluding carboxylic acids is 1. The zero-order valence-corrected chi connectivity index (χ0v) is 20.9. The van der Waals surface area contributed by atoms with E-state index in [0.717, 1.165) is 65.0 Å². The van der Waals surface area contributed by atoms with E-state index in [1.807, 2.05) is 19.9 Å². The van der Waals surface area contributed by atoms with Gasteiger partial charge in [-0.25, -0.2) is 0 Å². The molecule has 0 bridgehead atoms. The summed E-state index contributed by atoms with van der Waals surface area (Å²) < 4.78 is 11.0. The summed E-state index contributed by atoms with van der Waals surface area (Å²) in [5.41, 5.74) is 7.07. The number of esters is 1. The standard InChI is InChI=1S/C32H31NO3/c1-3-35-31(34)32(21-22-32)28-19-17-26(18-20-28)25-13-15-27(16-14-25)30-29(23(2)33-36-30)12-8-7-11-24-9-5-4-6-10-24/h4-6,8-10,12-20H,3,7,11,21-22H2,1-2H3/b12-8+. The van der Waals surface area contributed by atoms with Crippen molar-refractivity contribution in [2.75, 3.05) is 6.61 Å². The predicted molar refractivity (Wildman–Crippen MR) is 143 cm³/mol. The minimum absolute atomic E-state index is 0.102. The molecule has 0 unspecified atom stereocenters. The molecular weight excluding hydrogens is 446 g/mol. The smallest absolute Gasteiger partial charge is 0.316 e. The van der Waals surface area contributed by atoms with Gasteiger partial charge >= 0.3 is 5.97 Å². The SMILES string of the molecule is CCOC(=O)C1(c2ccc(-c3ccc(-c4onc(C)c4/C=C/CCc4ccccc4)cc3)cc2)CC1. The first-order chi connectivity index (χ1) is 17.6. The summed E-state index contributed by atoms with van der Waals surface area (Å²) in [6, 6.07) is 27.2. The monoisotopic (exact) mass is 477 g/mol. The molecule has 4 nitrogen and oxygen atoms in total. The van der Waals surface area contributed by atoms with Gasteiger partial charge in [0.05, 0.1) is 17.7 Å². The van der Waals surface area contributed by atoms with Crippen LogP contribution in [0.5, 0.6) is 0 Å². The summed E-state index contributed by atoms with van der Waals surface area (Å²) in [7, 11) is 0. The van der Waals surface area contributed by atoms with Crippen LogP contribution in [0, 0.1) is 6.92 Å². The number of carbonyl (C=O) groups is 1. The average molecular weight is 478 g/mol. The van der Waals surface area contributed by atoms with Crippen LogP contribution in [0.25, 0.3) is 28.5 Å². The van der Waals surface area contributed by atoms with E-state index in [1.54, 1.807) is 0 Å². The van der Waals surface area contributed by atoms with Crippen LogP contribution in [-0.2, 0) is 21.4 Å². The molecule has 4 heteroatoms. The lowest BCUT2D eigenvalue weighted by atomic mass is 9.93. The molecule has 182 valence electrons. The fourth-order valence-corrected chi connectivity index (χ4v) is 4.68. The predicted octanol–water partition coefficient (Wildman–Crippen LogP) is 7.56. The molecule has 1 fully saturated rings. The summed E-state index contributed by atoms with van der Waals surface area (Å²) in [5, 5.41) is 4.21. The summed E-state index contributed by atoms with van der Waals surface area (Å²) in [5.74, 6) is 0.685. The molecule has 0 spiro atoms. The Hall–Kier alpha value is -3.92. The lowest BCUT2D eigenvalue weighted by molar-refractivity contribution is -0.146. The van der Waals surface area contributed by atoms with E-state index >= 15 is 0 Å². The molecule has 1 aliphatic carbocycles. The van der Waals surface area contributed by atoms with Crippen molar-refractivity contribution in [1.29, 1.82) is 0 Å². The Morgan fingerprint density at radius 2 is 1.58 bits per heavy atom. The number of rotatable bonds is 9. The number of hydrogen-bond donors (Lipinski definition) is 0. The molecule has 1 aromatic heterocycles. The van der Waals surface area contributed by atoms with E-state index in [2.05, 4.69) is 90.1 Å². The summed E-state index contributed by atoms with van der Waals surface area (Å²) in [6.07, 6.45) is 7.99. The van der Waals surface area contributed by atoms with E-state index < -0.39 is 5.41 Å². The number of nitrogens with zero attached hydrogens (tertiary/aromatic N) is 1. The second-order valence-electron chi connectivity index (χ2n) is 9.39. The van der Waals surface area contributed by atoms with Crippen LogP contribution >= 0.6 is 0 Å². The van der Waals surface area contributed by atoms with Gasteiger partial charge in [0.1, 0.15) is 0 Å². The second-order valence-corrected chi connectivity index (χ2v) is 9.39. The Balaban J connectivity index is 1.29. The molecule has 1 aliphatic rings. The number of allylic oxidation sites excluding steroid dienone is 1. The van der Waals surface area contributed by atoms with Gasteiger partial charge in [0.25, 0.3) is 0 Å². The Kier molecular flexibility index (Phi) is 6.86. The average Bonchev–Trinajstić information content (AvgIpc) is 3.66. The van der Waals surface area contributed by atoms with Crippen molar-refractivity contribution in [3.63, 3.8) is 0 Å². The molecule has 3 aromatic carbocycles. The fraction of sp³-hybridized carbons (Fsp3) is 0.250. The largest absolute Gasteiger partial charge is 0.465 e. The molecule has 1 saturated carbocycles. The highest BCUT2D eigenvalue weighted by molar-refractivity contribution is 5.87. The Morgan fingerprint density at radius 1 is 0.944 bits per heavy atom. The van der Waals surface area contributed by atoms with Crippen LogP contribution in [0.2, 0.25) is 0 Å². The van der Waals surface area contributed by atoms with E-state index in [4.69, 9.17) is 9.26 Å². The van der Waals surface area contributed by atoms with Crippen molar-refractivity contribution >= 4 is 12.0 Å². The molecule has 1 heterocycles. The van der Waals surface area contributed by atoms with Gasteiger partial charge in [-0.05, 0) is 61.8 Å². The van der Waals surface area contributed by atoms with Crippen molar-refractivity contribution in [1.82, 2.24) is 5.16 Å². The van der Waals surface area contributed by atoms with Gasteiger partial charge < -0.3 is 9.26 Å². The lowest BCUT2D eigenvalue weighted by Crippen LogP contribution is -2.23. The molecule has 0 atom stereocenters. The quantitative estimate of drug-likeness (QED) is 0.233. The summed E-state index contributed by atoms with van der Waals surface area (Å²) in [6.45, 7) is 4.25. The minimum atomic E-state index is -0.437. The van der Waals surface area contributed by atoms with Gasteiger partial charge in [-0.15, -0.1) is 0 Å². The van der Waals surface area contributed by atoms with Crippen molar-refractivity contribution in [2.45, 2.75) is 44.9 Å². The van der Waals surface area contributed by atoms with E-state index in [1.165, 1.54) is 5.56 Å². The Bertz CT molecular complexity index is 1350. The first-order valence-electron chi connectivity index (χ1n) is 12.7. The highest BCUT2D eigenvalue weighted by Crippen LogP contribution is 2.49. The van der Waals surface area contributed by atoms with Crippen molar-refractivity contribution in [3.8, 4) is 22.5 Å². The first-order valence-corrected chi connectivity index (χ1v) is 12.7. The fourth-order valence-electron chi connectivity index (χ4n) is 4.68. The van der Waals surface area contributed by atoms with Crippen LogP contribution in [0.4, 0.5) is 0 Å². The molecular formula is C32H31NO3. The van der Waals surface area contributed by atoms with Gasteiger partial charge in [-0.1, -0.05) is 96.2 Å². The van der Waals surface area contributed by atoms with Gasteiger partial charge in [-0.2, -0.15) is 0 Å². The van der Waals surface area contributed by atoms with Crippen LogP contribution < -0.4 is 0 Å². The number of hydrogen-bond acceptors (Lipinski definition) is 4. The number of aryl methyl sites for hydroxylation is 2. The van der Waals surface area contributed by atoms with Gasteiger partial charge in [-0.3, -0.25) is 4.79 Å². The molecule has 4 aromatic rings. The van der Waals surface area contributed by atoms with Crippen LogP contribution in [0.1, 0.15) is 48.6 Å². The highest BCUT2D eigenvalue weighted by atomic mass is 16.5. The molecule has 0 radical (unpaired) electrons. The van der Waals surface area contributed by atoms with Crippen molar-refractivity contribution in [3.05, 3.63) is 107 Å². The summed E-state index contributed by atoms with van der Waals surface area (Å²) >= 11 is 0. The van der Waals surface area contributed by atoms with Crippen molar-refractivity contribution in [2.24, 2.45) is 0 Å². The molecule has 0 aliphatic heterocycles. The third-order valence-electron chi connectivity index (χ3n) is 6.97. The zero-order chi connectivity index (χ0) is 25.0. The highest BCUT2D eigenvalue weighted by Gasteiger charge is 2.52. The van der Waals surface area contributed by atoms with Crippen LogP contribution in [0.15, 0.2) is 89.5 Å². The third-order valence-corrected chi connectivity index (χ3v) is 6.97. The van der Waals surface area contributed by atoms with Crippen molar-refractivity contribution < 1.29 is 14.1 Å². The van der Waals surface area contributed by atoms with Gasteiger partial charge in [0.15, 0.2) is 5.76 Å². The van der Waals surface area contributed by atoms with E-state index in [-0.39, 0.29) is 5.97 Å². The van der Waals surface area contributed by atoms with E-state index in [0.29, 0.717) is 6.61 Å². The molecule has 0 amide bonds. The maximum absolute atomic E-state index is 12.4.